The summed E-state index contributed by atoms with van der Waals surface area (Å²) in [5, 5.41) is 6.50. The Morgan fingerprint density at radius 1 is 1.25 bits per heavy atom. The second-order valence-electron chi connectivity index (χ2n) is 4.97. The summed E-state index contributed by atoms with van der Waals surface area (Å²) in [6.07, 6.45) is 5.94. The molecule has 0 aliphatic rings. The predicted molar refractivity (Wildman–Crippen MR) is 85.6 cm³/mol. The summed E-state index contributed by atoms with van der Waals surface area (Å²) >= 11 is 0. The minimum Gasteiger partial charge on any atom is -0.357 e. The molecule has 0 aliphatic carbocycles. The average Bonchev–Trinajstić information content (AvgIpc) is 2.34. The van der Waals surface area contributed by atoms with Gasteiger partial charge < -0.3 is 10.6 Å². The lowest BCUT2D eigenvalue weighted by Gasteiger charge is -2.17. The van der Waals surface area contributed by atoms with Crippen molar-refractivity contribution in [2.45, 2.75) is 52.5 Å². The van der Waals surface area contributed by atoms with Gasteiger partial charge in [0.05, 0.1) is 12.8 Å². The van der Waals surface area contributed by atoms with E-state index in [4.69, 9.17) is 0 Å². The van der Waals surface area contributed by atoms with Gasteiger partial charge in [0.2, 0.25) is 10.0 Å². The van der Waals surface area contributed by atoms with Crippen molar-refractivity contribution in [3.63, 3.8) is 0 Å². The number of rotatable bonds is 10. The summed E-state index contributed by atoms with van der Waals surface area (Å²) in [6, 6.07) is 0.363. The number of sulfonamides is 1. The normalized spacial score (nSPS) is 14.1. The number of nitrogens with one attached hydrogen (secondary N) is 3. The lowest BCUT2D eigenvalue weighted by Crippen LogP contribution is -2.42. The van der Waals surface area contributed by atoms with E-state index in [0.29, 0.717) is 19.1 Å². The molecule has 0 aromatic carbocycles. The zero-order valence-electron chi connectivity index (χ0n) is 13.2. The standard InChI is InChI=1S/C13H30N4O2S/c1-5-7-8-9-12(3)17-13(14-6-2)15-10-11-16-20(4,18)19/h12,16H,5-11H2,1-4H3,(H2,14,15,17). The second-order valence-corrected chi connectivity index (χ2v) is 6.80. The van der Waals surface area contributed by atoms with Crippen LogP contribution in [-0.4, -0.2) is 46.3 Å². The first kappa shape index (κ1) is 19.2. The van der Waals surface area contributed by atoms with Crippen molar-refractivity contribution in [1.29, 1.82) is 0 Å². The maximum absolute atomic E-state index is 10.9. The summed E-state index contributed by atoms with van der Waals surface area (Å²) in [7, 11) is -3.13. The van der Waals surface area contributed by atoms with Crippen molar-refractivity contribution >= 4 is 16.0 Å². The van der Waals surface area contributed by atoms with Crippen molar-refractivity contribution in [3.05, 3.63) is 0 Å². The first-order chi connectivity index (χ1) is 9.39. The van der Waals surface area contributed by atoms with Crippen LogP contribution in [0.5, 0.6) is 0 Å². The summed E-state index contributed by atoms with van der Waals surface area (Å²) in [5.41, 5.74) is 0. The molecule has 0 aromatic rings. The van der Waals surface area contributed by atoms with Gasteiger partial charge in [-0.2, -0.15) is 0 Å². The van der Waals surface area contributed by atoms with Crippen LogP contribution in [-0.2, 0) is 10.0 Å². The Bertz CT molecular complexity index is 369. The summed E-state index contributed by atoms with van der Waals surface area (Å²) < 4.78 is 24.3. The molecule has 0 bridgehead atoms. The van der Waals surface area contributed by atoms with Crippen molar-refractivity contribution in [1.82, 2.24) is 15.4 Å². The number of nitrogens with zero attached hydrogens (tertiary/aromatic N) is 1. The Morgan fingerprint density at radius 2 is 1.95 bits per heavy atom. The van der Waals surface area contributed by atoms with Crippen LogP contribution < -0.4 is 15.4 Å². The SMILES string of the molecule is CCCCCC(C)NC(=NCCNS(C)(=O)=O)NCC. The van der Waals surface area contributed by atoms with Crippen LogP contribution in [0.1, 0.15) is 46.5 Å². The molecule has 0 aliphatic heterocycles. The molecular formula is C13H30N4O2S. The van der Waals surface area contributed by atoms with E-state index in [1.807, 2.05) is 6.92 Å². The third-order valence-electron chi connectivity index (χ3n) is 2.71. The molecule has 20 heavy (non-hydrogen) atoms. The van der Waals surface area contributed by atoms with Gasteiger partial charge >= 0.3 is 0 Å². The highest BCUT2D eigenvalue weighted by atomic mass is 32.2. The van der Waals surface area contributed by atoms with Crippen LogP contribution in [0.4, 0.5) is 0 Å². The fourth-order valence-electron chi connectivity index (χ4n) is 1.72. The highest BCUT2D eigenvalue weighted by Gasteiger charge is 2.05. The number of hydrogen-bond acceptors (Lipinski definition) is 3. The molecule has 0 saturated heterocycles. The highest BCUT2D eigenvalue weighted by Crippen LogP contribution is 2.02. The molecule has 0 radical (unpaired) electrons. The molecule has 0 fully saturated rings. The third kappa shape index (κ3) is 12.2. The van der Waals surface area contributed by atoms with Gasteiger partial charge in [-0.3, -0.25) is 4.99 Å². The lowest BCUT2D eigenvalue weighted by atomic mass is 10.1. The van der Waals surface area contributed by atoms with E-state index < -0.39 is 10.0 Å². The van der Waals surface area contributed by atoms with Gasteiger partial charge in [-0.25, -0.2) is 13.1 Å². The fraction of sp³-hybridized carbons (Fsp3) is 0.923. The molecule has 0 amide bonds. The van der Waals surface area contributed by atoms with Gasteiger partial charge in [-0.15, -0.1) is 0 Å². The van der Waals surface area contributed by atoms with E-state index in [1.54, 1.807) is 0 Å². The van der Waals surface area contributed by atoms with Crippen LogP contribution in [0.15, 0.2) is 4.99 Å². The van der Waals surface area contributed by atoms with Gasteiger partial charge in [-0.1, -0.05) is 26.2 Å². The van der Waals surface area contributed by atoms with Crippen LogP contribution in [0.25, 0.3) is 0 Å². The summed E-state index contributed by atoms with van der Waals surface area (Å²) in [4.78, 5) is 4.35. The van der Waals surface area contributed by atoms with Crippen molar-refractivity contribution in [3.8, 4) is 0 Å². The largest absolute Gasteiger partial charge is 0.357 e. The summed E-state index contributed by atoms with van der Waals surface area (Å²) in [5.74, 6) is 0.742. The molecule has 0 rings (SSSR count). The maximum atomic E-state index is 10.9. The quantitative estimate of drug-likeness (QED) is 0.320. The first-order valence-electron chi connectivity index (χ1n) is 7.38. The Balaban J connectivity index is 4.12. The minimum atomic E-state index is -3.13. The van der Waals surface area contributed by atoms with Crippen molar-refractivity contribution in [2.75, 3.05) is 25.9 Å². The van der Waals surface area contributed by atoms with Crippen LogP contribution in [0.3, 0.4) is 0 Å². The fourth-order valence-corrected chi connectivity index (χ4v) is 2.19. The Morgan fingerprint density at radius 3 is 2.50 bits per heavy atom. The Hall–Kier alpha value is -0.820. The monoisotopic (exact) mass is 306 g/mol. The number of aliphatic imine (C=N–C) groups is 1. The molecule has 0 spiro atoms. The molecule has 0 saturated carbocycles. The number of unbranched alkanes of at least 4 members (excludes halogenated alkanes) is 2. The first-order valence-corrected chi connectivity index (χ1v) is 9.27. The van der Waals surface area contributed by atoms with Crippen LogP contribution in [0, 0.1) is 0 Å². The molecular weight excluding hydrogens is 276 g/mol. The molecule has 1 unspecified atom stereocenters. The average molecular weight is 306 g/mol. The summed E-state index contributed by atoms with van der Waals surface area (Å²) in [6.45, 7) is 7.86. The Kier molecular flexibility index (Phi) is 10.5. The van der Waals surface area contributed by atoms with E-state index in [1.165, 1.54) is 19.3 Å². The number of hydrogen-bond donors (Lipinski definition) is 3. The molecule has 1 atom stereocenters. The van der Waals surface area contributed by atoms with Crippen molar-refractivity contribution in [2.24, 2.45) is 4.99 Å². The zero-order valence-corrected chi connectivity index (χ0v) is 14.0. The molecule has 6 nitrogen and oxygen atoms in total. The van der Waals surface area contributed by atoms with Gasteiger partial charge in [0.25, 0.3) is 0 Å². The second kappa shape index (κ2) is 10.9. The van der Waals surface area contributed by atoms with E-state index in [9.17, 15) is 8.42 Å². The molecule has 3 N–H and O–H groups in total. The third-order valence-corrected chi connectivity index (χ3v) is 3.44. The van der Waals surface area contributed by atoms with E-state index in [2.05, 4.69) is 34.2 Å². The van der Waals surface area contributed by atoms with Gasteiger partial charge in [-0.05, 0) is 20.3 Å². The van der Waals surface area contributed by atoms with Crippen LogP contribution >= 0.6 is 0 Å². The number of guanidine groups is 1. The van der Waals surface area contributed by atoms with Crippen molar-refractivity contribution < 1.29 is 8.42 Å². The zero-order chi connectivity index (χ0) is 15.4. The molecule has 0 heterocycles. The van der Waals surface area contributed by atoms with Gasteiger partial charge in [0.15, 0.2) is 5.96 Å². The van der Waals surface area contributed by atoms with Gasteiger partial charge in [0, 0.05) is 19.1 Å². The van der Waals surface area contributed by atoms with E-state index >= 15 is 0 Å². The van der Waals surface area contributed by atoms with E-state index in [0.717, 1.165) is 25.2 Å². The van der Waals surface area contributed by atoms with Gasteiger partial charge in [0.1, 0.15) is 0 Å². The highest BCUT2D eigenvalue weighted by molar-refractivity contribution is 7.88. The lowest BCUT2D eigenvalue weighted by molar-refractivity contribution is 0.546. The molecule has 7 heteroatoms. The smallest absolute Gasteiger partial charge is 0.208 e. The van der Waals surface area contributed by atoms with Crippen LogP contribution in [0.2, 0.25) is 0 Å². The topological polar surface area (TPSA) is 82.6 Å². The predicted octanol–water partition coefficient (Wildman–Crippen LogP) is 1.06. The molecule has 120 valence electrons. The minimum absolute atomic E-state index is 0.319. The Labute approximate surface area is 123 Å². The maximum Gasteiger partial charge on any atom is 0.208 e. The van der Waals surface area contributed by atoms with E-state index in [-0.39, 0.29) is 0 Å². The molecule has 0 aromatic heterocycles.